The number of benzene rings is 2. The Hall–Kier alpha value is -3.30. The number of carbonyl (C=O) groups is 2. The highest BCUT2D eigenvalue weighted by atomic mass is 16.7. The molecule has 3 saturated heterocycles. The molecule has 0 aromatic heterocycles. The van der Waals surface area contributed by atoms with Crippen molar-refractivity contribution in [2.24, 2.45) is 0 Å². The number of aromatic hydroxyl groups is 3. The molecule has 0 spiro atoms. The number of phenols is 3. The van der Waals surface area contributed by atoms with Crippen LogP contribution < -0.4 is 0 Å². The molecule has 15 atom stereocenters. The number of hydrogen-bond acceptors (Lipinski definition) is 17. The van der Waals surface area contributed by atoms with Crippen LogP contribution in [0.3, 0.4) is 0 Å². The summed E-state index contributed by atoms with van der Waals surface area (Å²) in [6.45, 7) is 6.45. The van der Waals surface area contributed by atoms with Crippen LogP contribution in [0.2, 0.25) is 0 Å². The van der Waals surface area contributed by atoms with Crippen LogP contribution in [0.15, 0.2) is 18.2 Å². The van der Waals surface area contributed by atoms with Gasteiger partial charge in [-0.1, -0.05) is 19.1 Å². The highest BCUT2D eigenvalue weighted by Crippen LogP contribution is 2.56. The predicted octanol–water partition coefficient (Wildman–Crippen LogP) is 0.833. The van der Waals surface area contributed by atoms with Crippen molar-refractivity contribution in [1.82, 2.24) is 0 Å². The third-order valence-corrected chi connectivity index (χ3v) is 11.6. The molecule has 3 aliphatic heterocycles. The molecule has 15 unspecified atom stereocenters. The van der Waals surface area contributed by atoms with Crippen molar-refractivity contribution >= 4 is 11.6 Å². The highest BCUT2D eigenvalue weighted by molar-refractivity contribution is 6.31. The first-order valence-corrected chi connectivity index (χ1v) is 18.5. The molecule has 5 aliphatic rings. The van der Waals surface area contributed by atoms with Crippen LogP contribution >= 0.6 is 0 Å². The molecule has 2 aromatic rings. The van der Waals surface area contributed by atoms with Gasteiger partial charge in [0.15, 0.2) is 24.7 Å². The second kappa shape index (κ2) is 14.9. The number of aliphatic hydroxyl groups is 6. The lowest BCUT2D eigenvalue weighted by Gasteiger charge is -2.46. The average Bonchev–Trinajstić information content (AvgIpc) is 3.12. The smallest absolute Gasteiger partial charge is 0.202 e. The third-order valence-electron chi connectivity index (χ3n) is 11.6. The maximum atomic E-state index is 13.7. The second-order valence-corrected chi connectivity index (χ2v) is 15.2. The van der Waals surface area contributed by atoms with E-state index in [1.165, 1.54) is 18.2 Å². The minimum Gasteiger partial charge on any atom is -0.507 e. The summed E-state index contributed by atoms with van der Waals surface area (Å²) < 4.78 is 36.0. The van der Waals surface area contributed by atoms with Gasteiger partial charge in [0.25, 0.3) is 0 Å². The molecule has 2 aromatic carbocycles. The van der Waals surface area contributed by atoms with Crippen molar-refractivity contribution in [1.29, 1.82) is 0 Å². The summed E-state index contributed by atoms with van der Waals surface area (Å²) in [5, 5.41) is 99.0. The van der Waals surface area contributed by atoms with Gasteiger partial charge in [-0.15, -0.1) is 0 Å². The Morgan fingerprint density at radius 3 is 1.75 bits per heavy atom. The Labute approximate surface area is 315 Å². The van der Waals surface area contributed by atoms with Crippen LogP contribution in [0, 0.1) is 0 Å². The molecule has 302 valence electrons. The van der Waals surface area contributed by atoms with E-state index in [2.05, 4.69) is 0 Å². The molecule has 7 rings (SSSR count). The lowest BCUT2D eigenvalue weighted by Crippen LogP contribution is -2.56. The fraction of sp³-hybridized carbons (Fsp3) is 0.632. The Kier molecular flexibility index (Phi) is 10.8. The summed E-state index contributed by atoms with van der Waals surface area (Å²) in [6, 6.07) is 3.83. The van der Waals surface area contributed by atoms with E-state index in [0.717, 1.165) is 0 Å². The Balaban J connectivity index is 1.07. The summed E-state index contributed by atoms with van der Waals surface area (Å²) in [7, 11) is 0. The third kappa shape index (κ3) is 6.83. The minimum absolute atomic E-state index is 0.00164. The lowest BCUT2D eigenvalue weighted by molar-refractivity contribution is -0.336. The normalized spacial score (nSPS) is 40.3. The molecule has 0 radical (unpaired) electrons. The topological polar surface area (TPSA) is 272 Å². The van der Waals surface area contributed by atoms with E-state index in [4.69, 9.17) is 28.4 Å². The predicted molar refractivity (Wildman–Crippen MR) is 184 cm³/mol. The first-order valence-electron chi connectivity index (χ1n) is 18.5. The fourth-order valence-electron chi connectivity index (χ4n) is 8.55. The van der Waals surface area contributed by atoms with E-state index < -0.39 is 137 Å². The van der Waals surface area contributed by atoms with Gasteiger partial charge in [-0.2, -0.15) is 0 Å². The van der Waals surface area contributed by atoms with Crippen molar-refractivity contribution in [3.8, 4) is 17.2 Å². The molecular weight excluding hydrogens is 728 g/mol. The number of rotatable bonds is 7. The summed E-state index contributed by atoms with van der Waals surface area (Å²) >= 11 is 0. The van der Waals surface area contributed by atoms with Gasteiger partial charge in [0, 0.05) is 42.4 Å². The summed E-state index contributed by atoms with van der Waals surface area (Å²) in [4.78, 5) is 27.3. The molecule has 0 amide bonds. The maximum absolute atomic E-state index is 13.7. The lowest BCUT2D eigenvalue weighted by atomic mass is 9.70. The van der Waals surface area contributed by atoms with Crippen molar-refractivity contribution in [2.45, 2.75) is 151 Å². The Morgan fingerprint density at radius 1 is 0.691 bits per heavy atom. The van der Waals surface area contributed by atoms with E-state index >= 15 is 0 Å². The number of hydrogen-bond donors (Lipinski definition) is 9. The van der Waals surface area contributed by atoms with Gasteiger partial charge < -0.3 is 74.4 Å². The monoisotopic (exact) mass is 776 g/mol. The average molecular weight is 777 g/mol. The summed E-state index contributed by atoms with van der Waals surface area (Å²) in [5.74, 6) is -3.96. The number of aliphatic hydroxyl groups excluding tert-OH is 5. The van der Waals surface area contributed by atoms with Gasteiger partial charge in [0.1, 0.15) is 41.7 Å². The second-order valence-electron chi connectivity index (χ2n) is 15.2. The van der Waals surface area contributed by atoms with Crippen LogP contribution in [0.1, 0.15) is 115 Å². The van der Waals surface area contributed by atoms with Gasteiger partial charge in [-0.05, 0) is 33.3 Å². The summed E-state index contributed by atoms with van der Waals surface area (Å²) in [5.41, 5.74) is -4.37. The number of ether oxygens (including phenoxy) is 6. The maximum Gasteiger partial charge on any atom is 0.202 e. The minimum atomic E-state index is -1.93. The molecule has 0 saturated carbocycles. The molecule has 3 heterocycles. The van der Waals surface area contributed by atoms with Crippen LogP contribution in [0.25, 0.3) is 0 Å². The van der Waals surface area contributed by atoms with Crippen LogP contribution in [0.4, 0.5) is 0 Å². The fourth-order valence-corrected chi connectivity index (χ4v) is 8.55. The molecule has 17 nitrogen and oxygen atoms in total. The van der Waals surface area contributed by atoms with Crippen molar-refractivity contribution in [3.63, 3.8) is 0 Å². The van der Waals surface area contributed by atoms with E-state index in [9.17, 15) is 55.5 Å². The van der Waals surface area contributed by atoms with E-state index in [0.29, 0.717) is 0 Å². The number of fused-ring (bicyclic) bond motifs is 3. The molecule has 2 aliphatic carbocycles. The SMILES string of the molecule is CCC1(O)CC(OC2CC(O)C(OC3CC(O)C(OC4CC(O)C(O)C(C)O4)C(C)O3)C(C)O2)c2c(O)c3c(c(O)c2C1O)C(=O)c1cccc(O)c1C3=O. The van der Waals surface area contributed by atoms with Gasteiger partial charge >= 0.3 is 0 Å². The van der Waals surface area contributed by atoms with E-state index in [1.54, 1.807) is 27.7 Å². The Morgan fingerprint density at radius 2 is 1.20 bits per heavy atom. The molecule has 3 fully saturated rings. The van der Waals surface area contributed by atoms with Crippen LogP contribution in [-0.4, -0.2) is 137 Å². The van der Waals surface area contributed by atoms with Crippen molar-refractivity contribution in [3.05, 3.63) is 51.6 Å². The number of ketones is 2. The van der Waals surface area contributed by atoms with E-state index in [1.807, 2.05) is 0 Å². The van der Waals surface area contributed by atoms with Gasteiger partial charge in [0.2, 0.25) is 5.78 Å². The Bertz CT molecular complexity index is 1780. The van der Waals surface area contributed by atoms with Gasteiger partial charge in [-0.25, -0.2) is 0 Å². The van der Waals surface area contributed by atoms with Crippen molar-refractivity contribution in [2.75, 3.05) is 0 Å². The number of carbonyl (C=O) groups excluding carboxylic acids is 2. The van der Waals surface area contributed by atoms with Crippen LogP contribution in [-0.2, 0) is 28.4 Å². The van der Waals surface area contributed by atoms with E-state index in [-0.39, 0.29) is 48.8 Å². The first-order chi connectivity index (χ1) is 25.9. The molecule has 55 heavy (non-hydrogen) atoms. The van der Waals surface area contributed by atoms with Gasteiger partial charge in [-0.3, -0.25) is 9.59 Å². The van der Waals surface area contributed by atoms with Gasteiger partial charge in [0.05, 0.1) is 65.0 Å². The van der Waals surface area contributed by atoms with Crippen LogP contribution in [0.5, 0.6) is 17.2 Å². The quantitative estimate of drug-likeness (QED) is 0.150. The molecule has 17 heteroatoms. The molecule has 0 bridgehead atoms. The standard InChI is InChI=1S/C38H48O17/c1-5-38(49)12-21(26-29(37(38)48)34(47)27-28(33(26)46)32(45)25-16(31(27)44)7-6-8-17(25)39)53-22-10-19(41)35(14(3)51-22)55-24-11-20(42)36(15(4)52-24)54-23-9-18(40)30(43)13(2)50-23/h6-8,13-15,18-24,30,35-37,39-43,46-49H,5,9-12H2,1-4H3. The zero-order valence-electron chi connectivity index (χ0n) is 30.6. The van der Waals surface area contributed by atoms with Crippen molar-refractivity contribution < 1.29 is 84.0 Å². The number of phenolic OH excluding ortho intramolecular Hbond substituents is 3. The first kappa shape index (κ1) is 39.9. The zero-order chi connectivity index (χ0) is 39.8. The molecular formula is C38H48O17. The highest BCUT2D eigenvalue weighted by Gasteiger charge is 2.52. The molecule has 9 N–H and O–H groups in total. The summed E-state index contributed by atoms with van der Waals surface area (Å²) in [6.07, 6.45) is -15.4. The largest absolute Gasteiger partial charge is 0.507 e. The zero-order valence-corrected chi connectivity index (χ0v) is 30.6.